The molecular formula is C30H41NO5. The molecule has 6 nitrogen and oxygen atoms in total. The van der Waals surface area contributed by atoms with Crippen molar-refractivity contribution in [2.45, 2.75) is 58.0 Å². The number of carbonyl (C=O) groups is 1. The van der Waals surface area contributed by atoms with E-state index in [4.69, 9.17) is 18.9 Å². The van der Waals surface area contributed by atoms with Gasteiger partial charge in [-0.25, -0.2) is 0 Å². The Morgan fingerprint density at radius 2 is 1.83 bits per heavy atom. The number of methoxy groups -OCH3 is 2. The first kappa shape index (κ1) is 27.7. The van der Waals surface area contributed by atoms with Crippen molar-refractivity contribution in [1.29, 1.82) is 0 Å². The number of benzene rings is 2. The van der Waals surface area contributed by atoms with Crippen LogP contribution in [-0.2, 0) is 19.7 Å². The highest BCUT2D eigenvalue weighted by Gasteiger charge is 2.41. The van der Waals surface area contributed by atoms with Crippen molar-refractivity contribution in [3.8, 4) is 11.5 Å². The Labute approximate surface area is 216 Å². The largest absolute Gasteiger partial charge is 0.493 e. The van der Waals surface area contributed by atoms with Crippen LogP contribution in [0.2, 0.25) is 0 Å². The molecule has 0 radical (unpaired) electrons. The van der Waals surface area contributed by atoms with Crippen LogP contribution in [0.4, 0.5) is 0 Å². The number of hydrogen-bond acceptors (Lipinski definition) is 6. The Hall–Kier alpha value is -2.86. The van der Waals surface area contributed by atoms with Gasteiger partial charge in [0.25, 0.3) is 0 Å². The molecule has 0 N–H and O–H groups in total. The first-order valence-electron chi connectivity index (χ1n) is 12.9. The van der Waals surface area contributed by atoms with Crippen LogP contribution >= 0.6 is 0 Å². The average Bonchev–Trinajstić information content (AvgIpc) is 2.87. The molecule has 0 aromatic heterocycles. The van der Waals surface area contributed by atoms with Crippen LogP contribution in [0.1, 0.15) is 57.6 Å². The highest BCUT2D eigenvalue weighted by molar-refractivity contribution is 5.83. The summed E-state index contributed by atoms with van der Waals surface area (Å²) in [5.74, 6) is 1.81. The third-order valence-corrected chi connectivity index (χ3v) is 7.18. The number of aliphatic imine (C=N–C) groups is 1. The van der Waals surface area contributed by atoms with Gasteiger partial charge in [0.15, 0.2) is 11.5 Å². The molecule has 1 aliphatic rings. The lowest BCUT2D eigenvalue weighted by atomic mass is 9.64. The zero-order valence-electron chi connectivity index (χ0n) is 22.4. The second kappa shape index (κ2) is 13.4. The molecular weight excluding hydrogens is 454 g/mol. The van der Waals surface area contributed by atoms with E-state index in [1.54, 1.807) is 20.4 Å². The van der Waals surface area contributed by atoms with Gasteiger partial charge < -0.3 is 18.9 Å². The van der Waals surface area contributed by atoms with Gasteiger partial charge in [0, 0.05) is 32.3 Å². The minimum absolute atomic E-state index is 0.0145. The monoisotopic (exact) mass is 495 g/mol. The zero-order valence-corrected chi connectivity index (χ0v) is 22.4. The molecule has 1 aliphatic carbocycles. The molecule has 0 heterocycles. The lowest BCUT2D eigenvalue weighted by Gasteiger charge is -2.43. The van der Waals surface area contributed by atoms with E-state index in [1.807, 2.05) is 24.3 Å². The Kier molecular flexibility index (Phi) is 10.4. The van der Waals surface area contributed by atoms with Gasteiger partial charge in [-0.15, -0.1) is 0 Å². The van der Waals surface area contributed by atoms with Crippen molar-refractivity contribution in [1.82, 2.24) is 0 Å². The van der Waals surface area contributed by atoms with Crippen molar-refractivity contribution >= 4 is 12.2 Å². The molecule has 196 valence electrons. The Bertz CT molecular complexity index is 988. The Morgan fingerprint density at radius 1 is 1.06 bits per heavy atom. The van der Waals surface area contributed by atoms with Gasteiger partial charge in [-0.05, 0) is 53.5 Å². The number of esters is 1. The molecule has 3 atom stereocenters. The van der Waals surface area contributed by atoms with E-state index in [9.17, 15) is 4.79 Å². The van der Waals surface area contributed by atoms with Crippen LogP contribution in [0.5, 0.6) is 11.5 Å². The van der Waals surface area contributed by atoms with E-state index in [1.165, 1.54) is 5.56 Å². The summed E-state index contributed by atoms with van der Waals surface area (Å²) < 4.78 is 22.3. The molecule has 2 aromatic rings. The SMILES string of the molecule is COCCCOc1cc(/C=N/CC(=O)O[C@H]2C[C@@H](C)CC[C@@H]2C(C)(C)c2ccccc2)ccc1OC. The molecule has 6 heteroatoms. The third-order valence-electron chi connectivity index (χ3n) is 7.18. The fraction of sp³-hybridized carbons (Fsp3) is 0.533. The predicted octanol–water partition coefficient (Wildman–Crippen LogP) is 5.86. The first-order valence-corrected chi connectivity index (χ1v) is 12.9. The van der Waals surface area contributed by atoms with Crippen LogP contribution < -0.4 is 9.47 Å². The van der Waals surface area contributed by atoms with E-state index in [0.717, 1.165) is 31.2 Å². The quantitative estimate of drug-likeness (QED) is 0.210. The van der Waals surface area contributed by atoms with Gasteiger partial charge in [-0.2, -0.15) is 0 Å². The highest BCUT2D eigenvalue weighted by Crippen LogP contribution is 2.43. The molecule has 0 saturated heterocycles. The second-order valence-electron chi connectivity index (χ2n) is 10.2. The van der Waals surface area contributed by atoms with Crippen LogP contribution in [0.3, 0.4) is 0 Å². The maximum absolute atomic E-state index is 12.8. The number of nitrogens with zero attached hydrogens (tertiary/aromatic N) is 1. The van der Waals surface area contributed by atoms with E-state index >= 15 is 0 Å². The molecule has 0 amide bonds. The summed E-state index contributed by atoms with van der Waals surface area (Å²) in [5, 5.41) is 0. The maximum atomic E-state index is 12.8. The number of ether oxygens (including phenoxy) is 4. The van der Waals surface area contributed by atoms with E-state index in [0.29, 0.717) is 30.6 Å². The second-order valence-corrected chi connectivity index (χ2v) is 10.2. The normalized spacial score (nSPS) is 20.3. The topological polar surface area (TPSA) is 66.4 Å². The summed E-state index contributed by atoms with van der Waals surface area (Å²) in [6.07, 6.45) is 5.44. The number of rotatable bonds is 12. The van der Waals surface area contributed by atoms with Crippen molar-refractivity contribution < 1.29 is 23.7 Å². The average molecular weight is 496 g/mol. The van der Waals surface area contributed by atoms with Crippen LogP contribution in [0.25, 0.3) is 0 Å². The summed E-state index contributed by atoms with van der Waals surface area (Å²) in [5.41, 5.74) is 2.03. The summed E-state index contributed by atoms with van der Waals surface area (Å²) in [6.45, 7) is 7.91. The Morgan fingerprint density at radius 3 is 2.56 bits per heavy atom. The first-order chi connectivity index (χ1) is 17.3. The van der Waals surface area contributed by atoms with Gasteiger partial charge in [0.05, 0.1) is 13.7 Å². The highest BCUT2D eigenvalue weighted by atomic mass is 16.5. The van der Waals surface area contributed by atoms with Gasteiger partial charge in [-0.3, -0.25) is 9.79 Å². The van der Waals surface area contributed by atoms with Gasteiger partial charge in [0.1, 0.15) is 12.6 Å². The van der Waals surface area contributed by atoms with Crippen LogP contribution in [0, 0.1) is 11.8 Å². The molecule has 1 fully saturated rings. The fourth-order valence-electron chi connectivity index (χ4n) is 5.07. The molecule has 1 saturated carbocycles. The molecule has 3 rings (SSSR count). The molecule has 0 aliphatic heterocycles. The molecule has 0 unspecified atom stereocenters. The van der Waals surface area contributed by atoms with E-state index in [-0.39, 0.29) is 30.0 Å². The summed E-state index contributed by atoms with van der Waals surface area (Å²) in [7, 11) is 3.28. The number of carbonyl (C=O) groups excluding carboxylic acids is 1. The summed E-state index contributed by atoms with van der Waals surface area (Å²) in [6, 6.07) is 16.1. The number of hydrogen-bond donors (Lipinski definition) is 0. The van der Waals surface area contributed by atoms with E-state index in [2.05, 4.69) is 50.0 Å². The van der Waals surface area contributed by atoms with Crippen molar-refractivity contribution in [2.75, 3.05) is 34.0 Å². The third kappa shape index (κ3) is 7.57. The van der Waals surface area contributed by atoms with Gasteiger partial charge in [-0.1, -0.05) is 57.5 Å². The van der Waals surface area contributed by atoms with Gasteiger partial charge in [0.2, 0.25) is 0 Å². The smallest absolute Gasteiger partial charge is 0.327 e. The van der Waals surface area contributed by atoms with Crippen molar-refractivity contribution in [2.24, 2.45) is 16.8 Å². The summed E-state index contributed by atoms with van der Waals surface area (Å²) in [4.78, 5) is 17.2. The van der Waals surface area contributed by atoms with Gasteiger partial charge >= 0.3 is 5.97 Å². The zero-order chi connectivity index (χ0) is 26.0. The molecule has 0 spiro atoms. The predicted molar refractivity (Wildman–Crippen MR) is 143 cm³/mol. The van der Waals surface area contributed by atoms with Crippen LogP contribution in [0.15, 0.2) is 53.5 Å². The van der Waals surface area contributed by atoms with E-state index < -0.39 is 0 Å². The lowest BCUT2D eigenvalue weighted by molar-refractivity contribution is -0.154. The minimum atomic E-state index is -0.288. The molecule has 0 bridgehead atoms. The standard InChI is InChI=1S/C30H41NO5/c1-22-12-14-25(30(2,3)24-10-7-6-8-11-24)27(18-22)36-29(32)21-31-20-23-13-15-26(34-5)28(19-23)35-17-9-16-33-4/h6-8,10-11,13,15,19-20,22,25,27H,9,12,14,16-18,21H2,1-5H3/b31-20+/t22-,25-,27-/m0/s1. The molecule has 2 aromatic carbocycles. The van der Waals surface area contributed by atoms with Crippen molar-refractivity contribution in [3.63, 3.8) is 0 Å². The van der Waals surface area contributed by atoms with Crippen LogP contribution in [-0.4, -0.2) is 52.3 Å². The maximum Gasteiger partial charge on any atom is 0.327 e. The fourth-order valence-corrected chi connectivity index (χ4v) is 5.07. The lowest BCUT2D eigenvalue weighted by Crippen LogP contribution is -2.43. The summed E-state index contributed by atoms with van der Waals surface area (Å²) >= 11 is 0. The van der Waals surface area contributed by atoms with Crippen molar-refractivity contribution in [3.05, 3.63) is 59.7 Å². The molecule has 36 heavy (non-hydrogen) atoms. The minimum Gasteiger partial charge on any atom is -0.493 e. The Balaban J connectivity index is 1.62.